The molecule has 1 amide bonds. The van der Waals surface area contributed by atoms with E-state index in [9.17, 15) is 4.79 Å². The van der Waals surface area contributed by atoms with E-state index in [0.29, 0.717) is 13.0 Å². The summed E-state index contributed by atoms with van der Waals surface area (Å²) >= 11 is 0. The quantitative estimate of drug-likeness (QED) is 0.303. The summed E-state index contributed by atoms with van der Waals surface area (Å²) in [7, 11) is 0. The van der Waals surface area contributed by atoms with Crippen molar-refractivity contribution >= 4 is 18.3 Å². The molecule has 0 bridgehead atoms. The molecule has 3 N–H and O–H groups in total. The van der Waals surface area contributed by atoms with Crippen LogP contribution in [0.1, 0.15) is 32.6 Å². The third-order valence-electron chi connectivity index (χ3n) is 2.49. The Morgan fingerprint density at radius 1 is 1.18 bits per heavy atom. The van der Waals surface area contributed by atoms with Crippen molar-refractivity contribution in [2.75, 3.05) is 6.54 Å². The van der Waals surface area contributed by atoms with Crippen LogP contribution in [0.3, 0.4) is 0 Å². The molecule has 0 aliphatic carbocycles. The van der Waals surface area contributed by atoms with E-state index in [1.165, 1.54) is 24.6 Å². The minimum Gasteiger partial charge on any atom is -0.516 e. The smallest absolute Gasteiger partial charge is 0.219 e. The van der Waals surface area contributed by atoms with Crippen LogP contribution in [-0.4, -0.2) is 41.1 Å². The van der Waals surface area contributed by atoms with Crippen molar-refractivity contribution in [3.8, 4) is 0 Å². The van der Waals surface area contributed by atoms with E-state index >= 15 is 0 Å². The average molecular weight is 353 g/mol. The summed E-state index contributed by atoms with van der Waals surface area (Å²) in [4.78, 5) is 19.5. The van der Waals surface area contributed by atoms with Crippen LogP contribution in [0.5, 0.6) is 0 Å². The summed E-state index contributed by atoms with van der Waals surface area (Å²) in [6, 6.07) is -0.126. The van der Waals surface area contributed by atoms with Crippen molar-refractivity contribution < 1.29 is 31.8 Å². The SMILES string of the molecule is CCNC(=O)CCCCC([CH]N=C/C=C\O)N=C/C=C\O.[Co]. The van der Waals surface area contributed by atoms with E-state index in [1.807, 2.05) is 6.92 Å². The minimum absolute atomic E-state index is 0. The fourth-order valence-electron chi connectivity index (χ4n) is 1.55. The van der Waals surface area contributed by atoms with E-state index in [-0.39, 0.29) is 28.7 Å². The number of rotatable bonds is 11. The molecule has 126 valence electrons. The van der Waals surface area contributed by atoms with Crippen LogP contribution < -0.4 is 5.32 Å². The molecule has 0 aromatic rings. The van der Waals surface area contributed by atoms with Crippen molar-refractivity contribution in [3.63, 3.8) is 0 Å². The summed E-state index contributed by atoms with van der Waals surface area (Å²) in [5, 5.41) is 19.8. The molecule has 0 saturated heterocycles. The number of hydrogen-bond donors (Lipinski definition) is 3. The zero-order chi connectivity index (χ0) is 15.8. The maximum absolute atomic E-state index is 11.3. The average Bonchev–Trinajstić information content (AvgIpc) is 2.47. The molecule has 22 heavy (non-hydrogen) atoms. The molecule has 0 fully saturated rings. The molecule has 1 atom stereocenters. The fraction of sp³-hybridized carbons (Fsp3) is 0.467. The first-order valence-corrected chi connectivity index (χ1v) is 6.99. The predicted molar refractivity (Wildman–Crippen MR) is 85.8 cm³/mol. The van der Waals surface area contributed by atoms with Gasteiger partial charge in [0, 0.05) is 42.2 Å². The Morgan fingerprint density at radius 3 is 2.50 bits per heavy atom. The van der Waals surface area contributed by atoms with Gasteiger partial charge < -0.3 is 15.5 Å². The van der Waals surface area contributed by atoms with Crippen LogP contribution >= 0.6 is 0 Å². The largest absolute Gasteiger partial charge is 0.516 e. The number of aliphatic hydroxyl groups excluding tert-OH is 2. The Labute approximate surface area is 142 Å². The Hall–Kier alpha value is -1.60. The zero-order valence-corrected chi connectivity index (χ0v) is 13.7. The van der Waals surface area contributed by atoms with E-state index in [4.69, 9.17) is 10.2 Å². The number of carbonyl (C=O) groups is 1. The zero-order valence-electron chi connectivity index (χ0n) is 12.7. The monoisotopic (exact) mass is 353 g/mol. The number of hydrogen-bond acceptors (Lipinski definition) is 5. The Bertz CT molecular complexity index is 382. The summed E-state index contributed by atoms with van der Waals surface area (Å²) in [6.07, 6.45) is 10.5. The second-order valence-corrected chi connectivity index (χ2v) is 4.20. The van der Waals surface area contributed by atoms with Gasteiger partial charge in [0.1, 0.15) is 0 Å². The topological polar surface area (TPSA) is 94.3 Å². The number of allylic oxidation sites excluding steroid dienone is 2. The number of aliphatic hydroxyl groups is 2. The van der Waals surface area contributed by atoms with Gasteiger partial charge in [-0.3, -0.25) is 14.8 Å². The molecule has 0 aromatic heterocycles. The number of aliphatic imine (C=N–C) groups is 2. The van der Waals surface area contributed by atoms with Gasteiger partial charge in [-0.15, -0.1) is 0 Å². The third kappa shape index (κ3) is 14.8. The number of carbonyl (C=O) groups excluding carboxylic acids is 1. The van der Waals surface area contributed by atoms with E-state index < -0.39 is 0 Å². The Kier molecular flexibility index (Phi) is 18.0. The summed E-state index contributed by atoms with van der Waals surface area (Å²) in [5.74, 6) is 0.0656. The molecular formula is C15H24CoN3O3. The third-order valence-corrected chi connectivity index (χ3v) is 2.49. The first-order valence-electron chi connectivity index (χ1n) is 6.99. The maximum Gasteiger partial charge on any atom is 0.219 e. The fourth-order valence-corrected chi connectivity index (χ4v) is 1.55. The van der Waals surface area contributed by atoms with Gasteiger partial charge in [-0.25, -0.2) is 0 Å². The predicted octanol–water partition coefficient (Wildman–Crippen LogP) is 2.50. The number of nitrogens with zero attached hydrogens (tertiary/aromatic N) is 2. The molecule has 0 saturated carbocycles. The second-order valence-electron chi connectivity index (χ2n) is 4.20. The summed E-state index contributed by atoms with van der Waals surface area (Å²) < 4.78 is 0. The first kappa shape index (κ1) is 22.7. The van der Waals surface area contributed by atoms with Crippen LogP contribution in [0.25, 0.3) is 0 Å². The van der Waals surface area contributed by atoms with Crippen LogP contribution in [-0.2, 0) is 21.6 Å². The molecule has 1 unspecified atom stereocenters. The van der Waals surface area contributed by atoms with Gasteiger partial charge in [-0.05, 0) is 31.9 Å². The van der Waals surface area contributed by atoms with Crippen molar-refractivity contribution in [1.82, 2.24) is 5.32 Å². The number of amides is 1. The molecule has 0 spiro atoms. The number of unbranched alkanes of at least 4 members (excludes halogenated alkanes) is 1. The summed E-state index contributed by atoms with van der Waals surface area (Å²) in [5.41, 5.74) is 0. The van der Waals surface area contributed by atoms with E-state index in [2.05, 4.69) is 15.3 Å². The van der Waals surface area contributed by atoms with Gasteiger partial charge in [0.25, 0.3) is 0 Å². The van der Waals surface area contributed by atoms with Gasteiger partial charge in [0.15, 0.2) is 0 Å². The van der Waals surface area contributed by atoms with Gasteiger partial charge in [0.2, 0.25) is 5.91 Å². The molecule has 0 rings (SSSR count). The van der Waals surface area contributed by atoms with E-state index in [0.717, 1.165) is 31.8 Å². The van der Waals surface area contributed by atoms with Crippen LogP contribution in [0.2, 0.25) is 0 Å². The normalized spacial score (nSPS) is 13.1. The molecular weight excluding hydrogens is 329 g/mol. The molecule has 0 aliphatic heterocycles. The second kappa shape index (κ2) is 17.4. The molecule has 0 heterocycles. The van der Waals surface area contributed by atoms with Gasteiger partial charge in [0.05, 0.1) is 25.1 Å². The van der Waals surface area contributed by atoms with Gasteiger partial charge in [-0.2, -0.15) is 0 Å². The molecule has 0 aliphatic rings. The van der Waals surface area contributed by atoms with E-state index in [1.54, 1.807) is 6.54 Å². The molecule has 2 radical (unpaired) electrons. The summed E-state index contributed by atoms with van der Waals surface area (Å²) in [6.45, 7) is 4.21. The molecule has 0 aromatic carbocycles. The first-order chi connectivity index (χ1) is 10.2. The van der Waals surface area contributed by atoms with Crippen molar-refractivity contribution in [3.05, 3.63) is 31.2 Å². The molecule has 7 heteroatoms. The minimum atomic E-state index is -0.126. The standard InChI is InChI=1S/C15H24N3O3.Co/c1-2-17-15(21)8-4-3-7-14(18-10-6-12-20)13-16-9-5-11-19;/h5-6,9-14,19-20H,2-4,7-8H2,1H3,(H,17,21);/b11-5-,12-6-,16-9?,18-10?;. The Morgan fingerprint density at radius 2 is 1.86 bits per heavy atom. The molecule has 6 nitrogen and oxygen atoms in total. The van der Waals surface area contributed by atoms with Crippen LogP contribution in [0.4, 0.5) is 0 Å². The van der Waals surface area contributed by atoms with Crippen LogP contribution in [0.15, 0.2) is 34.7 Å². The van der Waals surface area contributed by atoms with Crippen LogP contribution in [0, 0.1) is 6.54 Å². The maximum atomic E-state index is 11.3. The van der Waals surface area contributed by atoms with Crippen molar-refractivity contribution in [2.45, 2.75) is 38.6 Å². The van der Waals surface area contributed by atoms with Crippen molar-refractivity contribution in [2.24, 2.45) is 9.98 Å². The van der Waals surface area contributed by atoms with Gasteiger partial charge >= 0.3 is 0 Å². The number of nitrogens with one attached hydrogen (secondary N) is 1. The Balaban J connectivity index is 0. The van der Waals surface area contributed by atoms with Crippen molar-refractivity contribution in [1.29, 1.82) is 0 Å². The van der Waals surface area contributed by atoms with Gasteiger partial charge in [-0.1, -0.05) is 6.42 Å².